The first-order valence-electron chi connectivity index (χ1n) is 10.6. The van der Waals surface area contributed by atoms with E-state index in [1.54, 1.807) is 24.3 Å². The summed E-state index contributed by atoms with van der Waals surface area (Å²) in [5.74, 6) is 0.0980. The maximum absolute atomic E-state index is 13.0. The number of hydrogen-bond acceptors (Lipinski definition) is 3. The monoisotopic (exact) mass is 415 g/mol. The molecule has 4 rings (SSSR count). The van der Waals surface area contributed by atoms with Gasteiger partial charge < -0.3 is 14.5 Å². The van der Waals surface area contributed by atoms with Crippen molar-refractivity contribution in [1.29, 1.82) is 0 Å². The first-order valence-corrected chi connectivity index (χ1v) is 10.6. The van der Waals surface area contributed by atoms with Crippen LogP contribution < -0.4 is 9.64 Å². The number of quaternary nitrogens is 1. The number of carbonyl (C=O) groups is 2. The van der Waals surface area contributed by atoms with Gasteiger partial charge in [-0.05, 0) is 24.3 Å². The fraction of sp³-hybridized carbons (Fsp3) is 0.231. The summed E-state index contributed by atoms with van der Waals surface area (Å²) in [5.41, 5.74) is 3.20. The van der Waals surface area contributed by atoms with Gasteiger partial charge in [-0.1, -0.05) is 60.7 Å². The van der Waals surface area contributed by atoms with Crippen LogP contribution in [0.5, 0.6) is 5.75 Å². The van der Waals surface area contributed by atoms with Gasteiger partial charge in [0.05, 0.1) is 26.2 Å². The van der Waals surface area contributed by atoms with Gasteiger partial charge in [-0.15, -0.1) is 0 Å². The zero-order valence-electron chi connectivity index (χ0n) is 17.7. The number of ether oxygens (including phenoxy) is 1. The molecule has 1 amide bonds. The minimum Gasteiger partial charge on any atom is -0.427 e. The minimum atomic E-state index is -0.371. The van der Waals surface area contributed by atoms with E-state index in [1.807, 2.05) is 17.0 Å². The molecule has 5 heteroatoms. The largest absolute Gasteiger partial charge is 0.427 e. The Balaban J connectivity index is 1.45. The Labute approximate surface area is 182 Å². The van der Waals surface area contributed by atoms with Crippen molar-refractivity contribution in [2.24, 2.45) is 0 Å². The maximum atomic E-state index is 13.0. The molecule has 1 fully saturated rings. The van der Waals surface area contributed by atoms with E-state index in [9.17, 15) is 9.59 Å². The molecule has 1 heterocycles. The van der Waals surface area contributed by atoms with Crippen molar-refractivity contribution in [3.05, 3.63) is 102 Å². The number of carbonyl (C=O) groups excluding carboxylic acids is 2. The standard InChI is InChI=1S/C26H26N2O3/c1-20(29)31-24-14-12-23(13-15-24)26(30)28-18-16-27(17-19-28)25(21-8-4-2-5-9-21)22-10-6-3-7-11-22/h2-15,25H,16-19H2,1H3/p+1. The van der Waals surface area contributed by atoms with Crippen LogP contribution in [0.3, 0.4) is 0 Å². The molecule has 3 aromatic rings. The van der Waals surface area contributed by atoms with Gasteiger partial charge >= 0.3 is 5.97 Å². The Morgan fingerprint density at radius 1 is 0.806 bits per heavy atom. The molecule has 0 spiro atoms. The topological polar surface area (TPSA) is 51.1 Å². The third-order valence-electron chi connectivity index (χ3n) is 5.73. The van der Waals surface area contributed by atoms with Crippen molar-refractivity contribution >= 4 is 11.9 Å². The number of amides is 1. The van der Waals surface area contributed by atoms with Crippen LogP contribution in [-0.4, -0.2) is 43.0 Å². The minimum absolute atomic E-state index is 0.0180. The Morgan fingerprint density at radius 2 is 1.32 bits per heavy atom. The highest BCUT2D eigenvalue weighted by atomic mass is 16.5. The van der Waals surface area contributed by atoms with Gasteiger partial charge in [0.2, 0.25) is 0 Å². The van der Waals surface area contributed by atoms with Gasteiger partial charge in [0, 0.05) is 23.6 Å². The van der Waals surface area contributed by atoms with E-state index in [4.69, 9.17) is 4.74 Å². The first kappa shape index (κ1) is 20.8. The number of esters is 1. The molecule has 0 atom stereocenters. The average molecular weight is 416 g/mol. The number of piperazine rings is 1. The van der Waals surface area contributed by atoms with Crippen LogP contribution in [0.15, 0.2) is 84.9 Å². The highest BCUT2D eigenvalue weighted by molar-refractivity contribution is 5.94. The third kappa shape index (κ3) is 5.01. The number of benzene rings is 3. The number of hydrogen-bond donors (Lipinski definition) is 1. The van der Waals surface area contributed by atoms with E-state index in [1.165, 1.54) is 23.0 Å². The first-order chi connectivity index (χ1) is 15.1. The van der Waals surface area contributed by atoms with Crippen molar-refractivity contribution in [2.75, 3.05) is 26.2 Å². The van der Waals surface area contributed by atoms with Gasteiger partial charge in [0.25, 0.3) is 5.91 Å². The van der Waals surface area contributed by atoms with Crippen molar-refractivity contribution in [3.63, 3.8) is 0 Å². The summed E-state index contributed by atoms with van der Waals surface area (Å²) in [6, 6.07) is 28.2. The predicted octanol–water partition coefficient (Wildman–Crippen LogP) is 2.74. The quantitative estimate of drug-likeness (QED) is 0.515. The molecule has 5 nitrogen and oxygen atoms in total. The molecular formula is C26H27N2O3+. The summed E-state index contributed by atoms with van der Waals surface area (Å²) in [6.07, 6.45) is 0. The predicted molar refractivity (Wildman–Crippen MR) is 119 cm³/mol. The molecule has 1 aliphatic heterocycles. The lowest BCUT2D eigenvalue weighted by molar-refractivity contribution is -0.929. The fourth-order valence-corrected chi connectivity index (χ4v) is 4.25. The Bertz CT molecular complexity index is 972. The average Bonchev–Trinajstić information content (AvgIpc) is 2.81. The molecular weight excluding hydrogens is 388 g/mol. The van der Waals surface area contributed by atoms with Crippen LogP contribution in [0.1, 0.15) is 34.5 Å². The van der Waals surface area contributed by atoms with E-state index in [0.29, 0.717) is 24.4 Å². The number of rotatable bonds is 5. The molecule has 0 radical (unpaired) electrons. The molecule has 158 valence electrons. The van der Waals surface area contributed by atoms with Gasteiger partial charge in [-0.3, -0.25) is 9.59 Å². The second kappa shape index (κ2) is 9.58. The lowest BCUT2D eigenvalue weighted by Crippen LogP contribution is -3.15. The van der Waals surface area contributed by atoms with Crippen molar-refractivity contribution < 1.29 is 19.2 Å². The molecule has 1 saturated heterocycles. The maximum Gasteiger partial charge on any atom is 0.308 e. The smallest absolute Gasteiger partial charge is 0.308 e. The molecule has 3 aromatic carbocycles. The second-order valence-electron chi connectivity index (χ2n) is 7.82. The number of nitrogens with one attached hydrogen (secondary N) is 1. The van der Waals surface area contributed by atoms with Crippen LogP contribution in [0.2, 0.25) is 0 Å². The fourth-order valence-electron chi connectivity index (χ4n) is 4.25. The van der Waals surface area contributed by atoms with Crippen molar-refractivity contribution in [3.8, 4) is 5.75 Å². The van der Waals surface area contributed by atoms with Crippen LogP contribution in [-0.2, 0) is 4.79 Å². The molecule has 0 aliphatic carbocycles. The number of nitrogens with zero attached hydrogens (tertiary/aromatic N) is 1. The van der Waals surface area contributed by atoms with Gasteiger partial charge in [0.15, 0.2) is 0 Å². The Hall–Kier alpha value is -3.44. The van der Waals surface area contributed by atoms with Crippen molar-refractivity contribution in [2.45, 2.75) is 13.0 Å². The zero-order valence-corrected chi connectivity index (χ0v) is 17.7. The molecule has 0 bridgehead atoms. The molecule has 31 heavy (non-hydrogen) atoms. The molecule has 1 N–H and O–H groups in total. The molecule has 1 aliphatic rings. The van der Waals surface area contributed by atoms with Gasteiger partial charge in [-0.2, -0.15) is 0 Å². The Morgan fingerprint density at radius 3 is 1.81 bits per heavy atom. The third-order valence-corrected chi connectivity index (χ3v) is 5.73. The van der Waals surface area contributed by atoms with E-state index < -0.39 is 0 Å². The Kier molecular flexibility index (Phi) is 6.43. The lowest BCUT2D eigenvalue weighted by atomic mass is 9.96. The molecule has 0 aromatic heterocycles. The molecule has 0 unspecified atom stereocenters. The molecule has 0 saturated carbocycles. The summed E-state index contributed by atoms with van der Waals surface area (Å²) >= 11 is 0. The van der Waals surface area contributed by atoms with E-state index in [0.717, 1.165) is 13.1 Å². The second-order valence-corrected chi connectivity index (χ2v) is 7.82. The summed E-state index contributed by atoms with van der Waals surface area (Å²) in [6.45, 7) is 4.53. The normalized spacial score (nSPS) is 14.5. The summed E-state index contributed by atoms with van der Waals surface area (Å²) in [7, 11) is 0. The van der Waals surface area contributed by atoms with E-state index in [2.05, 4.69) is 48.5 Å². The van der Waals surface area contributed by atoms with E-state index in [-0.39, 0.29) is 17.9 Å². The van der Waals surface area contributed by atoms with Gasteiger partial charge in [-0.25, -0.2) is 0 Å². The van der Waals surface area contributed by atoms with Crippen LogP contribution in [0.4, 0.5) is 0 Å². The van der Waals surface area contributed by atoms with Crippen LogP contribution in [0.25, 0.3) is 0 Å². The van der Waals surface area contributed by atoms with Gasteiger partial charge in [0.1, 0.15) is 11.8 Å². The highest BCUT2D eigenvalue weighted by Gasteiger charge is 2.31. The zero-order chi connectivity index (χ0) is 21.6. The highest BCUT2D eigenvalue weighted by Crippen LogP contribution is 2.20. The van der Waals surface area contributed by atoms with Crippen LogP contribution >= 0.6 is 0 Å². The SMILES string of the molecule is CC(=O)Oc1ccc(C(=O)N2CC[NH+](C(c3ccccc3)c3ccccc3)CC2)cc1. The summed E-state index contributed by atoms with van der Waals surface area (Å²) < 4.78 is 5.05. The lowest BCUT2D eigenvalue weighted by Gasteiger charge is -2.37. The van der Waals surface area contributed by atoms with E-state index >= 15 is 0 Å². The summed E-state index contributed by atoms with van der Waals surface area (Å²) in [5, 5.41) is 0. The van der Waals surface area contributed by atoms with Crippen molar-refractivity contribution in [1.82, 2.24) is 4.90 Å². The summed E-state index contributed by atoms with van der Waals surface area (Å²) in [4.78, 5) is 27.4. The van der Waals surface area contributed by atoms with Crippen LogP contribution in [0, 0.1) is 0 Å².